The van der Waals surface area contributed by atoms with Crippen LogP contribution in [0.5, 0.6) is 0 Å². The van der Waals surface area contributed by atoms with Crippen molar-refractivity contribution in [1.29, 1.82) is 0 Å². The second-order valence-corrected chi connectivity index (χ2v) is 6.31. The molecule has 1 atom stereocenters. The molecule has 110 valence electrons. The van der Waals surface area contributed by atoms with Gasteiger partial charge in [0.15, 0.2) is 0 Å². The SMILES string of the molecule is CS(=O)c1c(-c2ccc(Cl)c(Cl)c2)c[nH]c(=O)c1C(N)=O. The molecule has 1 amide bonds. The Hall–Kier alpha value is -1.63. The fourth-order valence-corrected chi connectivity index (χ4v) is 3.18. The average molecular weight is 345 g/mol. The molecular formula is C13H10Cl2N2O3S. The van der Waals surface area contributed by atoms with Crippen LogP contribution in [-0.4, -0.2) is 21.4 Å². The van der Waals surface area contributed by atoms with Gasteiger partial charge in [0.2, 0.25) is 0 Å². The molecular weight excluding hydrogens is 335 g/mol. The summed E-state index contributed by atoms with van der Waals surface area (Å²) in [4.78, 5) is 25.7. The van der Waals surface area contributed by atoms with Crippen molar-refractivity contribution < 1.29 is 9.00 Å². The van der Waals surface area contributed by atoms with Crippen LogP contribution in [0.15, 0.2) is 34.1 Å². The van der Waals surface area contributed by atoms with Crippen LogP contribution in [0.25, 0.3) is 11.1 Å². The Morgan fingerprint density at radius 3 is 2.48 bits per heavy atom. The number of primary amides is 1. The highest BCUT2D eigenvalue weighted by molar-refractivity contribution is 7.84. The lowest BCUT2D eigenvalue weighted by molar-refractivity contribution is 0.0996. The third kappa shape index (κ3) is 3.02. The van der Waals surface area contributed by atoms with Gasteiger partial charge in [0.05, 0.1) is 25.7 Å². The molecule has 1 aromatic carbocycles. The van der Waals surface area contributed by atoms with E-state index < -0.39 is 22.3 Å². The van der Waals surface area contributed by atoms with Crippen LogP contribution < -0.4 is 11.3 Å². The van der Waals surface area contributed by atoms with Crippen LogP contribution in [0.2, 0.25) is 10.0 Å². The van der Waals surface area contributed by atoms with E-state index >= 15 is 0 Å². The topological polar surface area (TPSA) is 93.0 Å². The third-order valence-electron chi connectivity index (χ3n) is 2.81. The molecule has 0 aliphatic carbocycles. The Kier molecular flexibility index (Phi) is 4.51. The molecule has 0 spiro atoms. The Morgan fingerprint density at radius 1 is 1.29 bits per heavy atom. The van der Waals surface area contributed by atoms with Crippen molar-refractivity contribution in [3.8, 4) is 11.1 Å². The molecule has 2 aromatic rings. The zero-order valence-corrected chi connectivity index (χ0v) is 13.1. The van der Waals surface area contributed by atoms with Crippen LogP contribution in [0.4, 0.5) is 0 Å². The number of nitrogens with two attached hydrogens (primary N) is 1. The maximum absolute atomic E-state index is 12.0. The van der Waals surface area contributed by atoms with E-state index in [1.165, 1.54) is 12.5 Å². The summed E-state index contributed by atoms with van der Waals surface area (Å²) in [6, 6.07) is 4.76. The van der Waals surface area contributed by atoms with Crippen molar-refractivity contribution in [3.05, 3.63) is 50.4 Å². The molecule has 0 aliphatic rings. The number of halogens is 2. The maximum Gasteiger partial charge on any atom is 0.262 e. The van der Waals surface area contributed by atoms with Gasteiger partial charge in [-0.3, -0.25) is 13.8 Å². The van der Waals surface area contributed by atoms with Crippen LogP contribution in [0.3, 0.4) is 0 Å². The largest absolute Gasteiger partial charge is 0.365 e. The molecule has 0 saturated carbocycles. The molecule has 0 aliphatic heterocycles. The van der Waals surface area contributed by atoms with E-state index in [0.29, 0.717) is 21.2 Å². The molecule has 3 N–H and O–H groups in total. The van der Waals surface area contributed by atoms with Crippen molar-refractivity contribution in [1.82, 2.24) is 4.98 Å². The monoisotopic (exact) mass is 344 g/mol. The van der Waals surface area contributed by atoms with Gasteiger partial charge in [-0.15, -0.1) is 0 Å². The lowest BCUT2D eigenvalue weighted by Gasteiger charge is -2.11. The Labute approximate surface area is 132 Å². The van der Waals surface area contributed by atoms with Gasteiger partial charge in [-0.05, 0) is 17.7 Å². The van der Waals surface area contributed by atoms with E-state index in [1.54, 1.807) is 18.2 Å². The summed E-state index contributed by atoms with van der Waals surface area (Å²) < 4.78 is 12.0. The number of carbonyl (C=O) groups is 1. The number of pyridine rings is 1. The second-order valence-electron chi connectivity index (χ2n) is 4.18. The minimum Gasteiger partial charge on any atom is -0.365 e. The standard InChI is InChI=1S/C13H10Cl2N2O3S/c1-21(20)11-7(5-17-13(19)10(11)12(16)18)6-2-3-8(14)9(15)4-6/h2-5H,1H3,(H2,16,18)(H,17,19). The lowest BCUT2D eigenvalue weighted by Crippen LogP contribution is -2.26. The van der Waals surface area contributed by atoms with Gasteiger partial charge < -0.3 is 10.7 Å². The zero-order chi connectivity index (χ0) is 15.7. The molecule has 0 saturated heterocycles. The molecule has 8 heteroatoms. The van der Waals surface area contributed by atoms with Gasteiger partial charge in [0.1, 0.15) is 5.56 Å². The molecule has 0 radical (unpaired) electrons. The van der Waals surface area contributed by atoms with E-state index in [4.69, 9.17) is 28.9 Å². The Balaban J connectivity index is 2.83. The number of amides is 1. The first-order valence-corrected chi connectivity index (χ1v) is 7.98. The summed E-state index contributed by atoms with van der Waals surface area (Å²) in [6.45, 7) is 0. The molecule has 0 bridgehead atoms. The average Bonchev–Trinajstić information content (AvgIpc) is 2.41. The van der Waals surface area contributed by atoms with Crippen LogP contribution in [0, 0.1) is 0 Å². The predicted molar refractivity (Wildman–Crippen MR) is 83.4 cm³/mol. The Morgan fingerprint density at radius 2 is 1.95 bits per heavy atom. The van der Waals surface area contributed by atoms with Gasteiger partial charge >= 0.3 is 0 Å². The first-order chi connectivity index (χ1) is 9.82. The smallest absolute Gasteiger partial charge is 0.262 e. The summed E-state index contributed by atoms with van der Waals surface area (Å²) in [5, 5.41) is 0.660. The van der Waals surface area contributed by atoms with E-state index in [9.17, 15) is 13.8 Å². The highest BCUT2D eigenvalue weighted by atomic mass is 35.5. The van der Waals surface area contributed by atoms with E-state index in [1.807, 2.05) is 0 Å². The van der Waals surface area contributed by atoms with Crippen LogP contribution >= 0.6 is 23.2 Å². The fourth-order valence-electron chi connectivity index (χ4n) is 1.91. The molecule has 2 rings (SSSR count). The van der Waals surface area contributed by atoms with Gasteiger partial charge in [-0.25, -0.2) is 0 Å². The molecule has 0 fully saturated rings. The fraction of sp³-hybridized carbons (Fsp3) is 0.0769. The molecule has 21 heavy (non-hydrogen) atoms. The molecule has 1 unspecified atom stereocenters. The zero-order valence-electron chi connectivity index (χ0n) is 10.8. The number of hydrogen-bond acceptors (Lipinski definition) is 3. The van der Waals surface area contributed by atoms with Crippen molar-refractivity contribution in [2.75, 3.05) is 6.26 Å². The number of benzene rings is 1. The van der Waals surface area contributed by atoms with Gasteiger partial charge in [0, 0.05) is 18.0 Å². The van der Waals surface area contributed by atoms with Crippen LogP contribution in [-0.2, 0) is 10.8 Å². The highest BCUT2D eigenvalue weighted by Gasteiger charge is 2.21. The summed E-state index contributed by atoms with van der Waals surface area (Å²) in [7, 11) is -1.59. The van der Waals surface area contributed by atoms with E-state index in [-0.39, 0.29) is 10.5 Å². The number of aromatic amines is 1. The minimum atomic E-state index is -1.59. The second kappa shape index (κ2) is 6.01. The lowest BCUT2D eigenvalue weighted by atomic mass is 10.1. The van der Waals surface area contributed by atoms with E-state index in [0.717, 1.165) is 0 Å². The van der Waals surface area contributed by atoms with Crippen molar-refractivity contribution >= 4 is 39.9 Å². The maximum atomic E-state index is 12.0. The predicted octanol–water partition coefficient (Wildman–Crippen LogP) is 2.19. The van der Waals surface area contributed by atoms with Crippen molar-refractivity contribution in [3.63, 3.8) is 0 Å². The van der Waals surface area contributed by atoms with Gasteiger partial charge in [-0.1, -0.05) is 29.3 Å². The van der Waals surface area contributed by atoms with Gasteiger partial charge in [0.25, 0.3) is 11.5 Å². The van der Waals surface area contributed by atoms with Gasteiger partial charge in [-0.2, -0.15) is 0 Å². The van der Waals surface area contributed by atoms with Crippen LogP contribution in [0.1, 0.15) is 10.4 Å². The highest BCUT2D eigenvalue weighted by Crippen LogP contribution is 2.31. The van der Waals surface area contributed by atoms with Crippen molar-refractivity contribution in [2.45, 2.75) is 4.90 Å². The quantitative estimate of drug-likeness (QED) is 0.893. The molecule has 1 heterocycles. The minimum absolute atomic E-state index is 0.0737. The number of H-pyrrole nitrogens is 1. The Bertz CT molecular complexity index is 818. The number of carbonyl (C=O) groups excluding carboxylic acids is 1. The number of rotatable bonds is 3. The first kappa shape index (κ1) is 15.8. The third-order valence-corrected chi connectivity index (χ3v) is 4.55. The summed E-state index contributed by atoms with van der Waals surface area (Å²) >= 11 is 11.8. The summed E-state index contributed by atoms with van der Waals surface area (Å²) in [5.74, 6) is -0.941. The number of aromatic nitrogens is 1. The normalized spacial score (nSPS) is 12.1. The van der Waals surface area contributed by atoms with Crippen molar-refractivity contribution in [2.24, 2.45) is 5.73 Å². The molecule has 1 aromatic heterocycles. The molecule has 5 nitrogen and oxygen atoms in total. The number of hydrogen-bond donors (Lipinski definition) is 2. The van der Waals surface area contributed by atoms with E-state index in [2.05, 4.69) is 4.98 Å². The number of nitrogens with one attached hydrogen (secondary N) is 1. The first-order valence-electron chi connectivity index (χ1n) is 5.67. The summed E-state index contributed by atoms with van der Waals surface area (Å²) in [6.07, 6.45) is 2.73. The summed E-state index contributed by atoms with van der Waals surface area (Å²) in [5.41, 5.74) is 5.18.